The number of fused-ring (bicyclic) bond motifs is 1. The standard InChI is InChI=1S/C17H17F3N4O4/c18-17(19,20)9-21-14(26)12-6-3-7-23(12)13(25)8-24-15(27)10-4-1-2-5-11(10)22-16(24)28/h1-2,4-5,12H,3,6-9H2,(H,21,26)(H,22,28). The topological polar surface area (TPSA) is 104 Å². The van der Waals surface area contributed by atoms with Crippen LogP contribution in [0.1, 0.15) is 12.8 Å². The third-order valence-corrected chi connectivity index (χ3v) is 4.52. The second-order valence-electron chi connectivity index (χ2n) is 6.45. The molecule has 0 spiro atoms. The minimum atomic E-state index is -4.56. The Balaban J connectivity index is 1.79. The number of benzene rings is 1. The van der Waals surface area contributed by atoms with E-state index in [1.807, 2.05) is 0 Å². The SMILES string of the molecule is O=C(NCC(F)(F)F)C1CCCN1C(=O)Cn1c(=O)[nH]c2ccccc2c1=O. The second-order valence-corrected chi connectivity index (χ2v) is 6.45. The number of aromatic amines is 1. The average molecular weight is 398 g/mol. The molecule has 1 aromatic carbocycles. The largest absolute Gasteiger partial charge is 0.405 e. The molecule has 0 saturated carbocycles. The molecule has 1 aliphatic heterocycles. The first kappa shape index (κ1) is 19.6. The Bertz CT molecular complexity index is 1030. The van der Waals surface area contributed by atoms with Gasteiger partial charge in [-0.3, -0.25) is 19.0 Å². The van der Waals surface area contributed by atoms with Gasteiger partial charge in [0.05, 0.1) is 10.9 Å². The second kappa shape index (κ2) is 7.49. The van der Waals surface area contributed by atoms with Gasteiger partial charge in [0.2, 0.25) is 11.8 Å². The van der Waals surface area contributed by atoms with Crippen LogP contribution in [0.4, 0.5) is 13.2 Å². The molecule has 2 heterocycles. The normalized spacial score (nSPS) is 17.1. The van der Waals surface area contributed by atoms with Crippen molar-refractivity contribution in [2.24, 2.45) is 0 Å². The van der Waals surface area contributed by atoms with E-state index in [0.717, 1.165) is 4.90 Å². The van der Waals surface area contributed by atoms with E-state index in [1.165, 1.54) is 6.07 Å². The van der Waals surface area contributed by atoms with Crippen molar-refractivity contribution >= 4 is 22.7 Å². The van der Waals surface area contributed by atoms with E-state index in [2.05, 4.69) is 4.98 Å². The summed E-state index contributed by atoms with van der Waals surface area (Å²) in [6, 6.07) is 5.23. The molecule has 1 unspecified atom stereocenters. The number of hydrogen-bond acceptors (Lipinski definition) is 4. The number of nitrogens with zero attached hydrogens (tertiary/aromatic N) is 2. The molecule has 1 aliphatic rings. The highest BCUT2D eigenvalue weighted by molar-refractivity contribution is 5.88. The minimum absolute atomic E-state index is 0.156. The van der Waals surface area contributed by atoms with Crippen LogP contribution in [0.3, 0.4) is 0 Å². The van der Waals surface area contributed by atoms with Crippen molar-refractivity contribution in [1.29, 1.82) is 0 Å². The van der Waals surface area contributed by atoms with Crippen LogP contribution >= 0.6 is 0 Å². The van der Waals surface area contributed by atoms with Gasteiger partial charge in [-0.1, -0.05) is 12.1 Å². The number of hydrogen-bond donors (Lipinski definition) is 2. The van der Waals surface area contributed by atoms with Crippen LogP contribution in [0, 0.1) is 0 Å². The lowest BCUT2D eigenvalue weighted by Crippen LogP contribution is -2.50. The number of halogens is 3. The number of rotatable bonds is 4. The molecule has 2 amide bonds. The van der Waals surface area contributed by atoms with E-state index in [9.17, 15) is 32.3 Å². The number of amides is 2. The molecular formula is C17H17F3N4O4. The molecule has 1 atom stereocenters. The first-order valence-corrected chi connectivity index (χ1v) is 8.53. The van der Waals surface area contributed by atoms with E-state index in [0.29, 0.717) is 16.5 Å². The van der Waals surface area contributed by atoms with Gasteiger partial charge in [-0.2, -0.15) is 13.2 Å². The third kappa shape index (κ3) is 4.07. The van der Waals surface area contributed by atoms with Gasteiger partial charge < -0.3 is 15.2 Å². The summed E-state index contributed by atoms with van der Waals surface area (Å²) in [5.74, 6) is -1.60. The first-order valence-electron chi connectivity index (χ1n) is 8.53. The number of nitrogens with one attached hydrogen (secondary N) is 2. The molecule has 0 aliphatic carbocycles. The molecule has 0 bridgehead atoms. The predicted octanol–water partition coefficient (Wildman–Crippen LogP) is 0.359. The third-order valence-electron chi connectivity index (χ3n) is 4.52. The van der Waals surface area contributed by atoms with Crippen molar-refractivity contribution in [2.75, 3.05) is 13.1 Å². The zero-order valence-electron chi connectivity index (χ0n) is 14.6. The van der Waals surface area contributed by atoms with Crippen LogP contribution < -0.4 is 16.6 Å². The van der Waals surface area contributed by atoms with E-state index >= 15 is 0 Å². The maximum Gasteiger partial charge on any atom is 0.405 e. The van der Waals surface area contributed by atoms with Crippen molar-refractivity contribution < 1.29 is 22.8 Å². The molecule has 3 rings (SSSR count). The molecule has 1 aromatic heterocycles. The van der Waals surface area contributed by atoms with Crippen molar-refractivity contribution in [2.45, 2.75) is 31.6 Å². The van der Waals surface area contributed by atoms with Crippen LogP contribution in [-0.2, 0) is 16.1 Å². The number of para-hydroxylation sites is 1. The highest BCUT2D eigenvalue weighted by Crippen LogP contribution is 2.19. The van der Waals surface area contributed by atoms with E-state index in [1.54, 1.807) is 23.5 Å². The molecule has 11 heteroatoms. The fraction of sp³-hybridized carbons (Fsp3) is 0.412. The summed E-state index contributed by atoms with van der Waals surface area (Å²) in [6.07, 6.45) is -3.92. The van der Waals surface area contributed by atoms with E-state index < -0.39 is 48.4 Å². The van der Waals surface area contributed by atoms with Gasteiger partial charge in [0.1, 0.15) is 19.1 Å². The van der Waals surface area contributed by atoms with Gasteiger partial charge >= 0.3 is 11.9 Å². The van der Waals surface area contributed by atoms with Crippen molar-refractivity contribution in [3.8, 4) is 0 Å². The van der Waals surface area contributed by atoms with Crippen LogP contribution in [-0.4, -0.2) is 51.6 Å². The fourth-order valence-corrected chi connectivity index (χ4v) is 3.21. The Morgan fingerprint density at radius 3 is 2.64 bits per heavy atom. The predicted molar refractivity (Wildman–Crippen MR) is 92.6 cm³/mol. The monoisotopic (exact) mass is 398 g/mol. The molecule has 0 radical (unpaired) electrons. The van der Waals surface area contributed by atoms with Gasteiger partial charge in [-0.05, 0) is 25.0 Å². The summed E-state index contributed by atoms with van der Waals surface area (Å²) < 4.78 is 37.6. The Morgan fingerprint density at radius 2 is 1.93 bits per heavy atom. The highest BCUT2D eigenvalue weighted by atomic mass is 19.4. The Kier molecular flexibility index (Phi) is 5.25. The summed E-state index contributed by atoms with van der Waals surface area (Å²) in [4.78, 5) is 52.9. The maximum atomic E-state index is 12.6. The molecule has 2 N–H and O–H groups in total. The van der Waals surface area contributed by atoms with Crippen LogP contribution in [0.25, 0.3) is 10.9 Å². The van der Waals surface area contributed by atoms with Crippen LogP contribution in [0.5, 0.6) is 0 Å². The summed E-state index contributed by atoms with van der Waals surface area (Å²) in [7, 11) is 0. The number of carbonyl (C=O) groups is 2. The first-order chi connectivity index (χ1) is 13.2. The number of H-pyrrole nitrogens is 1. The molecule has 1 saturated heterocycles. The zero-order chi connectivity index (χ0) is 20.5. The molecule has 28 heavy (non-hydrogen) atoms. The lowest BCUT2D eigenvalue weighted by atomic mass is 10.2. The summed E-state index contributed by atoms with van der Waals surface area (Å²) >= 11 is 0. The minimum Gasteiger partial charge on any atom is -0.345 e. The van der Waals surface area contributed by atoms with Gasteiger partial charge in [-0.25, -0.2) is 4.79 Å². The summed E-state index contributed by atoms with van der Waals surface area (Å²) in [6.45, 7) is -1.95. The van der Waals surface area contributed by atoms with Crippen LogP contribution in [0.2, 0.25) is 0 Å². The molecule has 8 nitrogen and oxygen atoms in total. The number of carbonyl (C=O) groups excluding carboxylic acids is 2. The van der Waals surface area contributed by atoms with Crippen LogP contribution in [0.15, 0.2) is 33.9 Å². The molecule has 150 valence electrons. The zero-order valence-corrected chi connectivity index (χ0v) is 14.6. The number of likely N-dealkylation sites (tertiary alicyclic amines) is 1. The Hall–Kier alpha value is -3.11. The smallest absolute Gasteiger partial charge is 0.345 e. The number of alkyl halides is 3. The molecule has 2 aromatic rings. The Labute approximate surface area is 155 Å². The summed E-state index contributed by atoms with van der Waals surface area (Å²) in [5.41, 5.74) is -1.12. The van der Waals surface area contributed by atoms with Gasteiger partial charge in [0.25, 0.3) is 5.56 Å². The van der Waals surface area contributed by atoms with Crippen molar-refractivity contribution in [3.63, 3.8) is 0 Å². The summed E-state index contributed by atoms with van der Waals surface area (Å²) in [5, 5.41) is 1.98. The molecule has 1 fully saturated rings. The molecular weight excluding hydrogens is 381 g/mol. The van der Waals surface area contributed by atoms with Crippen molar-refractivity contribution in [1.82, 2.24) is 19.8 Å². The quantitative estimate of drug-likeness (QED) is 0.776. The van der Waals surface area contributed by atoms with Gasteiger partial charge in [-0.15, -0.1) is 0 Å². The Morgan fingerprint density at radius 1 is 1.21 bits per heavy atom. The van der Waals surface area contributed by atoms with E-state index in [-0.39, 0.29) is 18.4 Å². The highest BCUT2D eigenvalue weighted by Gasteiger charge is 2.36. The lowest BCUT2D eigenvalue weighted by molar-refractivity contribution is -0.145. The van der Waals surface area contributed by atoms with Gasteiger partial charge in [0.15, 0.2) is 0 Å². The van der Waals surface area contributed by atoms with E-state index in [4.69, 9.17) is 0 Å². The van der Waals surface area contributed by atoms with Gasteiger partial charge in [0, 0.05) is 6.54 Å². The maximum absolute atomic E-state index is 12.6. The van der Waals surface area contributed by atoms with Crippen molar-refractivity contribution in [3.05, 3.63) is 45.1 Å². The number of aromatic nitrogens is 2. The fourth-order valence-electron chi connectivity index (χ4n) is 3.21. The average Bonchev–Trinajstić information content (AvgIpc) is 3.12. The lowest BCUT2D eigenvalue weighted by Gasteiger charge is -2.24.